The number of carbonyl (C=O) groups excluding carboxylic acids is 1. The zero-order valence-electron chi connectivity index (χ0n) is 16.9. The first kappa shape index (κ1) is 19.2. The van der Waals surface area contributed by atoms with Gasteiger partial charge in [-0.2, -0.15) is 0 Å². The molecule has 0 saturated carbocycles. The number of hydrogen-bond donors (Lipinski definition) is 0. The first-order valence-corrected chi connectivity index (χ1v) is 10.3. The van der Waals surface area contributed by atoms with E-state index in [0.29, 0.717) is 31.7 Å². The molecule has 5 nitrogen and oxygen atoms in total. The van der Waals surface area contributed by atoms with Crippen LogP contribution in [0, 0.1) is 5.82 Å². The maximum Gasteiger partial charge on any atom is 0.253 e. The number of rotatable bonds is 3. The number of halogens is 1. The maximum absolute atomic E-state index is 13.1. The highest BCUT2D eigenvalue weighted by molar-refractivity contribution is 5.94. The number of benzene rings is 3. The molecular weight excluding hydrogens is 391 g/mol. The van der Waals surface area contributed by atoms with Crippen LogP contribution in [0.4, 0.5) is 10.2 Å². The predicted octanol–water partition coefficient (Wildman–Crippen LogP) is 4.40. The molecule has 1 fully saturated rings. The molecule has 154 valence electrons. The molecule has 1 saturated heterocycles. The van der Waals surface area contributed by atoms with Crippen molar-refractivity contribution in [2.45, 2.75) is 0 Å². The van der Waals surface area contributed by atoms with Gasteiger partial charge in [0.2, 0.25) is 0 Å². The second kappa shape index (κ2) is 8.14. The van der Waals surface area contributed by atoms with Gasteiger partial charge in [-0.05, 0) is 53.2 Å². The van der Waals surface area contributed by atoms with E-state index in [0.717, 1.165) is 17.1 Å². The molecule has 1 aromatic heterocycles. The van der Waals surface area contributed by atoms with Crippen LogP contribution in [0.25, 0.3) is 22.0 Å². The zero-order chi connectivity index (χ0) is 21.2. The van der Waals surface area contributed by atoms with Crippen molar-refractivity contribution >= 4 is 22.5 Å². The number of carbonyl (C=O) groups is 1. The smallest absolute Gasteiger partial charge is 0.253 e. The van der Waals surface area contributed by atoms with Crippen LogP contribution in [0.3, 0.4) is 0 Å². The lowest BCUT2D eigenvalue weighted by Crippen LogP contribution is -2.49. The SMILES string of the molecule is O=C(c1ccc(F)cc1)N1CCN(c2ccc(-c3ccc4ccccc4c3)nn2)CC1. The van der Waals surface area contributed by atoms with E-state index in [1.807, 2.05) is 24.3 Å². The summed E-state index contributed by atoms with van der Waals surface area (Å²) in [4.78, 5) is 16.5. The summed E-state index contributed by atoms with van der Waals surface area (Å²) < 4.78 is 13.1. The zero-order valence-corrected chi connectivity index (χ0v) is 16.9. The molecule has 31 heavy (non-hydrogen) atoms. The molecule has 5 rings (SSSR count). The predicted molar refractivity (Wildman–Crippen MR) is 119 cm³/mol. The van der Waals surface area contributed by atoms with Crippen LogP contribution >= 0.6 is 0 Å². The van der Waals surface area contributed by atoms with Gasteiger partial charge in [0.15, 0.2) is 5.82 Å². The lowest BCUT2D eigenvalue weighted by Gasteiger charge is -2.35. The lowest BCUT2D eigenvalue weighted by atomic mass is 10.1. The van der Waals surface area contributed by atoms with Gasteiger partial charge in [-0.1, -0.05) is 36.4 Å². The molecule has 0 N–H and O–H groups in total. The van der Waals surface area contributed by atoms with Crippen molar-refractivity contribution < 1.29 is 9.18 Å². The number of fused-ring (bicyclic) bond motifs is 1. The molecule has 0 spiro atoms. The molecule has 0 unspecified atom stereocenters. The molecule has 2 heterocycles. The van der Waals surface area contributed by atoms with Crippen LogP contribution < -0.4 is 4.90 Å². The van der Waals surface area contributed by atoms with E-state index in [2.05, 4.69) is 45.4 Å². The van der Waals surface area contributed by atoms with Crippen LogP contribution in [-0.2, 0) is 0 Å². The number of hydrogen-bond acceptors (Lipinski definition) is 4. The standard InChI is InChI=1S/C25H21FN4O/c26-22-9-7-19(8-10-22)25(31)30-15-13-29(14-16-30)24-12-11-23(27-28-24)21-6-5-18-3-1-2-4-20(18)17-21/h1-12,17H,13-16H2. The minimum Gasteiger partial charge on any atom is -0.352 e. The molecule has 0 radical (unpaired) electrons. The summed E-state index contributed by atoms with van der Waals surface area (Å²) in [6.45, 7) is 2.53. The van der Waals surface area contributed by atoms with E-state index in [4.69, 9.17) is 0 Å². The van der Waals surface area contributed by atoms with Gasteiger partial charge < -0.3 is 9.80 Å². The monoisotopic (exact) mass is 412 g/mol. The van der Waals surface area contributed by atoms with Crippen molar-refractivity contribution in [2.24, 2.45) is 0 Å². The van der Waals surface area contributed by atoms with Crippen LogP contribution in [0.2, 0.25) is 0 Å². The Hall–Kier alpha value is -3.80. The quantitative estimate of drug-likeness (QED) is 0.501. The minimum absolute atomic E-state index is 0.0719. The molecular formula is C25H21FN4O. The second-order valence-corrected chi connectivity index (χ2v) is 7.62. The average Bonchev–Trinajstić information content (AvgIpc) is 2.84. The molecule has 6 heteroatoms. The topological polar surface area (TPSA) is 49.3 Å². The first-order valence-electron chi connectivity index (χ1n) is 10.3. The summed E-state index contributed by atoms with van der Waals surface area (Å²) in [5, 5.41) is 11.2. The number of nitrogens with zero attached hydrogens (tertiary/aromatic N) is 4. The largest absolute Gasteiger partial charge is 0.352 e. The van der Waals surface area contributed by atoms with Crippen molar-refractivity contribution in [3.8, 4) is 11.3 Å². The van der Waals surface area contributed by atoms with E-state index >= 15 is 0 Å². The second-order valence-electron chi connectivity index (χ2n) is 7.62. The fourth-order valence-electron chi connectivity index (χ4n) is 3.91. The number of piperazine rings is 1. The van der Waals surface area contributed by atoms with Gasteiger partial charge in [0.25, 0.3) is 5.91 Å². The molecule has 4 aromatic rings. The van der Waals surface area contributed by atoms with Gasteiger partial charge in [-0.3, -0.25) is 4.79 Å². The van der Waals surface area contributed by atoms with Gasteiger partial charge >= 0.3 is 0 Å². The van der Waals surface area contributed by atoms with Crippen LogP contribution in [0.1, 0.15) is 10.4 Å². The van der Waals surface area contributed by atoms with Crippen LogP contribution in [0.15, 0.2) is 78.9 Å². The average molecular weight is 412 g/mol. The van der Waals surface area contributed by atoms with Crippen LogP contribution in [0.5, 0.6) is 0 Å². The van der Waals surface area contributed by atoms with Gasteiger partial charge in [0.1, 0.15) is 5.82 Å². The Morgan fingerprint density at radius 3 is 2.23 bits per heavy atom. The van der Waals surface area contributed by atoms with E-state index < -0.39 is 0 Å². The van der Waals surface area contributed by atoms with Gasteiger partial charge in [-0.25, -0.2) is 4.39 Å². The fourth-order valence-corrected chi connectivity index (χ4v) is 3.91. The molecule has 1 aliphatic rings. The van der Waals surface area contributed by atoms with Crippen molar-refractivity contribution in [1.29, 1.82) is 0 Å². The summed E-state index contributed by atoms with van der Waals surface area (Å²) in [6, 6.07) is 24.2. The molecule has 3 aromatic carbocycles. The molecule has 1 aliphatic heterocycles. The third-order valence-corrected chi connectivity index (χ3v) is 5.68. The Labute approximate surface area is 179 Å². The van der Waals surface area contributed by atoms with E-state index in [9.17, 15) is 9.18 Å². The third-order valence-electron chi connectivity index (χ3n) is 5.68. The lowest BCUT2D eigenvalue weighted by molar-refractivity contribution is 0.0746. The Bertz CT molecular complexity index is 1220. The fraction of sp³-hybridized carbons (Fsp3) is 0.160. The molecule has 0 atom stereocenters. The Kier molecular flexibility index (Phi) is 5.04. The van der Waals surface area contributed by atoms with Gasteiger partial charge in [0, 0.05) is 37.3 Å². The van der Waals surface area contributed by atoms with E-state index in [1.165, 1.54) is 35.0 Å². The van der Waals surface area contributed by atoms with Crippen molar-refractivity contribution in [2.75, 3.05) is 31.1 Å². The van der Waals surface area contributed by atoms with Gasteiger partial charge in [-0.15, -0.1) is 10.2 Å². The summed E-state index contributed by atoms with van der Waals surface area (Å²) >= 11 is 0. The van der Waals surface area contributed by atoms with E-state index in [1.54, 1.807) is 4.90 Å². The molecule has 1 amide bonds. The number of amides is 1. The van der Waals surface area contributed by atoms with Crippen molar-refractivity contribution in [3.63, 3.8) is 0 Å². The summed E-state index contributed by atoms with van der Waals surface area (Å²) in [6.07, 6.45) is 0. The van der Waals surface area contributed by atoms with E-state index in [-0.39, 0.29) is 11.7 Å². The maximum atomic E-state index is 13.1. The van der Waals surface area contributed by atoms with Gasteiger partial charge in [0.05, 0.1) is 5.69 Å². The molecule has 0 bridgehead atoms. The number of aromatic nitrogens is 2. The Morgan fingerprint density at radius 1 is 0.774 bits per heavy atom. The Balaban J connectivity index is 1.25. The van der Waals surface area contributed by atoms with Crippen LogP contribution in [-0.4, -0.2) is 47.2 Å². The highest BCUT2D eigenvalue weighted by Crippen LogP contribution is 2.24. The minimum atomic E-state index is -0.341. The van der Waals surface area contributed by atoms with Crippen molar-refractivity contribution in [3.05, 3.63) is 90.2 Å². The first-order chi connectivity index (χ1) is 15.2. The number of anilines is 1. The third kappa shape index (κ3) is 3.97. The molecule has 0 aliphatic carbocycles. The summed E-state index contributed by atoms with van der Waals surface area (Å²) in [7, 11) is 0. The normalized spacial score (nSPS) is 14.1. The Morgan fingerprint density at radius 2 is 1.52 bits per heavy atom. The summed E-state index contributed by atoms with van der Waals surface area (Å²) in [5.41, 5.74) is 2.38. The summed E-state index contributed by atoms with van der Waals surface area (Å²) in [5.74, 6) is 0.392. The highest BCUT2D eigenvalue weighted by atomic mass is 19.1. The highest BCUT2D eigenvalue weighted by Gasteiger charge is 2.23. The van der Waals surface area contributed by atoms with Crippen molar-refractivity contribution in [1.82, 2.24) is 15.1 Å².